The molecule has 0 heterocycles. The van der Waals surface area contributed by atoms with Crippen LogP contribution >= 0.6 is 0 Å². The van der Waals surface area contributed by atoms with Crippen molar-refractivity contribution >= 4 is 11.6 Å². The summed E-state index contributed by atoms with van der Waals surface area (Å²) in [6, 6.07) is 6.28. The molecule has 1 rings (SSSR count). The van der Waals surface area contributed by atoms with Crippen LogP contribution in [0.5, 0.6) is 5.75 Å². The largest absolute Gasteiger partial charge is 0.497 e. The topological polar surface area (TPSA) is 87.1 Å². The molecule has 0 aliphatic heterocycles. The van der Waals surface area contributed by atoms with E-state index >= 15 is 0 Å². The van der Waals surface area contributed by atoms with Crippen LogP contribution in [0.4, 0.5) is 5.69 Å². The Morgan fingerprint density at radius 3 is 2.53 bits per heavy atom. The van der Waals surface area contributed by atoms with Crippen LogP contribution in [-0.2, 0) is 4.79 Å². The number of rotatable bonds is 6. The second-order valence-corrected chi connectivity index (χ2v) is 4.57. The summed E-state index contributed by atoms with van der Waals surface area (Å²) in [6.45, 7) is 3.95. The van der Waals surface area contributed by atoms with Gasteiger partial charge in [-0.2, -0.15) is 0 Å². The van der Waals surface area contributed by atoms with Gasteiger partial charge in [0.2, 0.25) is 5.91 Å². The Hall–Kier alpha value is -2.20. The number of amides is 1. The molecule has 1 N–H and O–H groups in total. The summed E-state index contributed by atoms with van der Waals surface area (Å²) in [4.78, 5) is 14.7. The van der Waals surface area contributed by atoms with Crippen molar-refractivity contribution in [1.29, 1.82) is 0 Å². The minimum Gasteiger partial charge on any atom is -0.497 e. The first-order chi connectivity index (χ1) is 9.06. The molecule has 1 aromatic rings. The van der Waals surface area contributed by atoms with Gasteiger partial charge < -0.3 is 10.1 Å². The average molecular weight is 262 g/mol. The summed E-state index contributed by atoms with van der Waals surface area (Å²) < 4.78 is 5.03. The summed E-state index contributed by atoms with van der Waals surface area (Å²) in [5.74, 6) is 0.695. The summed E-state index contributed by atoms with van der Waals surface area (Å²) in [7, 11) is 1.58. The number of anilines is 1. The Bertz CT molecular complexity index is 464. The van der Waals surface area contributed by atoms with E-state index in [0.717, 1.165) is 0 Å². The Morgan fingerprint density at radius 1 is 1.42 bits per heavy atom. The molecule has 19 heavy (non-hydrogen) atoms. The normalized spacial score (nSPS) is 11.6. The van der Waals surface area contributed by atoms with Gasteiger partial charge in [-0.1, -0.05) is 19.0 Å². The SMILES string of the molecule is COc1ccc(NC(=O)[C@H](CC(C)C)N=[N+]=[N-])cc1. The second kappa shape index (κ2) is 7.28. The third kappa shape index (κ3) is 4.89. The maximum absolute atomic E-state index is 12.0. The number of ether oxygens (including phenoxy) is 1. The molecule has 102 valence electrons. The molecule has 0 aliphatic carbocycles. The van der Waals surface area contributed by atoms with Gasteiger partial charge in [-0.15, -0.1) is 0 Å². The van der Waals surface area contributed by atoms with E-state index in [1.54, 1.807) is 31.4 Å². The summed E-state index contributed by atoms with van der Waals surface area (Å²) in [6.07, 6.45) is 0.520. The lowest BCUT2D eigenvalue weighted by molar-refractivity contribution is -0.117. The van der Waals surface area contributed by atoms with Crippen LogP contribution in [0.15, 0.2) is 29.4 Å². The van der Waals surface area contributed by atoms with Crippen LogP contribution in [0.2, 0.25) is 0 Å². The highest BCUT2D eigenvalue weighted by molar-refractivity contribution is 5.94. The molecule has 0 fully saturated rings. The Kier molecular flexibility index (Phi) is 5.70. The van der Waals surface area contributed by atoms with E-state index in [9.17, 15) is 4.79 Å². The number of carbonyl (C=O) groups excluding carboxylic acids is 1. The van der Waals surface area contributed by atoms with E-state index in [-0.39, 0.29) is 11.8 Å². The van der Waals surface area contributed by atoms with Crippen molar-refractivity contribution in [2.75, 3.05) is 12.4 Å². The zero-order valence-electron chi connectivity index (χ0n) is 11.3. The number of nitrogens with zero attached hydrogens (tertiary/aromatic N) is 3. The smallest absolute Gasteiger partial charge is 0.233 e. The first kappa shape index (κ1) is 14.9. The second-order valence-electron chi connectivity index (χ2n) is 4.57. The van der Waals surface area contributed by atoms with E-state index in [2.05, 4.69) is 15.3 Å². The molecule has 1 amide bonds. The highest BCUT2D eigenvalue weighted by Gasteiger charge is 2.18. The molecule has 0 aliphatic rings. The zero-order chi connectivity index (χ0) is 14.3. The predicted molar refractivity (Wildman–Crippen MR) is 74.0 cm³/mol. The molecule has 0 saturated heterocycles. The molecule has 0 radical (unpaired) electrons. The lowest BCUT2D eigenvalue weighted by Crippen LogP contribution is -2.27. The van der Waals surface area contributed by atoms with Crippen LogP contribution in [0.3, 0.4) is 0 Å². The van der Waals surface area contributed by atoms with E-state index in [1.807, 2.05) is 13.8 Å². The van der Waals surface area contributed by atoms with Gasteiger partial charge in [0.15, 0.2) is 0 Å². The maximum Gasteiger partial charge on any atom is 0.233 e. The van der Waals surface area contributed by atoms with Gasteiger partial charge in [0.1, 0.15) is 11.8 Å². The lowest BCUT2D eigenvalue weighted by Gasteiger charge is -2.14. The fourth-order valence-electron chi connectivity index (χ4n) is 1.62. The highest BCUT2D eigenvalue weighted by Crippen LogP contribution is 2.16. The monoisotopic (exact) mass is 262 g/mol. The van der Waals surface area contributed by atoms with Crippen LogP contribution < -0.4 is 10.1 Å². The van der Waals surface area contributed by atoms with E-state index in [1.165, 1.54) is 0 Å². The maximum atomic E-state index is 12.0. The van der Waals surface area contributed by atoms with Crippen molar-refractivity contribution in [3.8, 4) is 5.75 Å². The predicted octanol–water partition coefficient (Wildman–Crippen LogP) is 3.36. The molecule has 1 atom stereocenters. The zero-order valence-corrected chi connectivity index (χ0v) is 11.3. The van der Waals surface area contributed by atoms with Gasteiger partial charge in [-0.25, -0.2) is 0 Å². The quantitative estimate of drug-likeness (QED) is 0.484. The van der Waals surface area contributed by atoms with Crippen molar-refractivity contribution in [1.82, 2.24) is 0 Å². The fourth-order valence-corrected chi connectivity index (χ4v) is 1.62. The minimum absolute atomic E-state index is 0.275. The van der Waals surface area contributed by atoms with E-state index in [4.69, 9.17) is 10.3 Å². The molecule has 0 unspecified atom stereocenters. The summed E-state index contributed by atoms with van der Waals surface area (Å²) in [5, 5.41) is 6.26. The molecule has 0 bridgehead atoms. The van der Waals surface area contributed by atoms with Crippen molar-refractivity contribution in [2.45, 2.75) is 26.3 Å². The van der Waals surface area contributed by atoms with Gasteiger partial charge in [-0.3, -0.25) is 4.79 Å². The lowest BCUT2D eigenvalue weighted by atomic mass is 10.0. The standard InChI is InChI=1S/C13H18N4O2/c1-9(2)8-12(16-17-14)13(18)15-10-4-6-11(19-3)7-5-10/h4-7,9,12H,8H2,1-3H3,(H,15,18)/t12-/m0/s1. The van der Waals surface area contributed by atoms with Crippen molar-refractivity contribution in [2.24, 2.45) is 11.0 Å². The van der Waals surface area contributed by atoms with Crippen LogP contribution in [0.25, 0.3) is 10.4 Å². The number of hydrogen-bond acceptors (Lipinski definition) is 3. The Labute approximate surface area is 112 Å². The van der Waals surface area contributed by atoms with E-state index in [0.29, 0.717) is 17.9 Å². The molecule has 1 aromatic carbocycles. The van der Waals surface area contributed by atoms with Crippen molar-refractivity contribution < 1.29 is 9.53 Å². The van der Waals surface area contributed by atoms with Gasteiger partial charge in [-0.05, 0) is 42.1 Å². The third-order valence-electron chi connectivity index (χ3n) is 2.55. The first-order valence-electron chi connectivity index (χ1n) is 6.06. The van der Waals surface area contributed by atoms with Crippen LogP contribution in [-0.4, -0.2) is 19.1 Å². The molecule has 0 saturated carbocycles. The van der Waals surface area contributed by atoms with Gasteiger partial charge >= 0.3 is 0 Å². The highest BCUT2D eigenvalue weighted by atomic mass is 16.5. The molecular formula is C13H18N4O2. The van der Waals surface area contributed by atoms with Gasteiger partial charge in [0.25, 0.3) is 0 Å². The molecule has 6 heteroatoms. The molecule has 0 spiro atoms. The summed E-state index contributed by atoms with van der Waals surface area (Å²) in [5.41, 5.74) is 9.14. The number of benzene rings is 1. The Balaban J connectivity index is 2.71. The fraction of sp³-hybridized carbons (Fsp3) is 0.462. The van der Waals surface area contributed by atoms with Crippen molar-refractivity contribution in [3.05, 3.63) is 34.7 Å². The number of hydrogen-bond donors (Lipinski definition) is 1. The molecular weight excluding hydrogens is 244 g/mol. The number of methoxy groups -OCH3 is 1. The van der Waals surface area contributed by atoms with Gasteiger partial charge in [0.05, 0.1) is 7.11 Å². The molecule has 0 aromatic heterocycles. The Morgan fingerprint density at radius 2 is 2.05 bits per heavy atom. The van der Waals surface area contributed by atoms with Gasteiger partial charge in [0, 0.05) is 10.6 Å². The third-order valence-corrected chi connectivity index (χ3v) is 2.55. The number of carbonyl (C=O) groups is 1. The minimum atomic E-state index is -0.688. The number of azide groups is 1. The molecule has 6 nitrogen and oxygen atoms in total. The first-order valence-corrected chi connectivity index (χ1v) is 6.06. The summed E-state index contributed by atoms with van der Waals surface area (Å²) >= 11 is 0. The van der Waals surface area contributed by atoms with Crippen molar-refractivity contribution in [3.63, 3.8) is 0 Å². The van der Waals surface area contributed by atoms with Crippen LogP contribution in [0.1, 0.15) is 20.3 Å². The van der Waals surface area contributed by atoms with E-state index < -0.39 is 6.04 Å². The average Bonchev–Trinajstić information content (AvgIpc) is 2.38. The van der Waals surface area contributed by atoms with Crippen LogP contribution in [0, 0.1) is 5.92 Å². The number of nitrogens with one attached hydrogen (secondary N) is 1.